The lowest BCUT2D eigenvalue weighted by atomic mass is 10.1. The molecule has 0 spiro atoms. The molecule has 4 nitrogen and oxygen atoms in total. The molecule has 5 heteroatoms. The number of amides is 1. The Kier molecular flexibility index (Phi) is 5.41. The molecule has 1 aromatic carbocycles. The first-order valence-electron chi connectivity index (χ1n) is 5.25. The number of aryl methyl sites for hydroxylation is 1. The van der Waals surface area contributed by atoms with E-state index in [0.717, 1.165) is 5.56 Å². The lowest BCUT2D eigenvalue weighted by Crippen LogP contribution is -2.30. The van der Waals surface area contributed by atoms with E-state index in [1.807, 2.05) is 13.0 Å². The third-order valence-electron chi connectivity index (χ3n) is 2.12. The molecule has 0 bridgehead atoms. The monoisotopic (exact) mass is 257 g/mol. The molecule has 0 aliphatic carbocycles. The highest BCUT2D eigenvalue weighted by atomic mass is 35.5. The number of hydrogen-bond donors (Lipinski definition) is 1. The van der Waals surface area contributed by atoms with E-state index in [4.69, 9.17) is 21.2 Å². The topological polar surface area (TPSA) is 47.6 Å². The summed E-state index contributed by atoms with van der Waals surface area (Å²) < 4.78 is 4.88. The number of hydrogen-bond acceptors (Lipinski definition) is 3. The Morgan fingerprint density at radius 3 is 2.82 bits per heavy atom. The van der Waals surface area contributed by atoms with Gasteiger partial charge in [0.25, 0.3) is 5.91 Å². The maximum absolute atomic E-state index is 11.7. The molecule has 0 fully saturated rings. The second kappa shape index (κ2) is 6.59. The first-order chi connectivity index (χ1) is 8.04. The van der Waals surface area contributed by atoms with Crippen LogP contribution in [0.15, 0.2) is 18.2 Å². The van der Waals surface area contributed by atoms with Crippen LogP contribution < -0.4 is 5.48 Å². The summed E-state index contributed by atoms with van der Waals surface area (Å²) in [6, 6.07) is 5.21. The molecule has 0 radical (unpaired) electrons. The molecule has 1 amide bonds. The van der Waals surface area contributed by atoms with Crippen LogP contribution in [0.1, 0.15) is 22.8 Å². The maximum Gasteiger partial charge on any atom is 0.276 e. The fourth-order valence-electron chi connectivity index (χ4n) is 1.28. The van der Waals surface area contributed by atoms with Gasteiger partial charge in [0.1, 0.15) is 6.10 Å². The molecule has 0 unspecified atom stereocenters. The van der Waals surface area contributed by atoms with Crippen LogP contribution in [0.25, 0.3) is 0 Å². The van der Waals surface area contributed by atoms with E-state index in [1.54, 1.807) is 26.2 Å². The molecule has 0 saturated heterocycles. The molecular weight excluding hydrogens is 242 g/mol. The molecule has 0 saturated carbocycles. The molecule has 94 valence electrons. The van der Waals surface area contributed by atoms with E-state index in [9.17, 15) is 4.79 Å². The van der Waals surface area contributed by atoms with Crippen LogP contribution >= 0.6 is 11.6 Å². The summed E-state index contributed by atoms with van der Waals surface area (Å²) in [6.45, 7) is 4.10. The molecule has 0 aromatic heterocycles. The molecule has 1 N–H and O–H groups in total. The van der Waals surface area contributed by atoms with E-state index in [1.165, 1.54) is 0 Å². The van der Waals surface area contributed by atoms with E-state index in [0.29, 0.717) is 17.2 Å². The Labute approximate surface area is 106 Å². The zero-order valence-corrected chi connectivity index (χ0v) is 10.9. The van der Waals surface area contributed by atoms with Gasteiger partial charge in [-0.2, -0.15) is 0 Å². The zero-order valence-electron chi connectivity index (χ0n) is 10.1. The number of rotatable bonds is 5. The van der Waals surface area contributed by atoms with Crippen LogP contribution in [0.2, 0.25) is 5.02 Å². The first kappa shape index (κ1) is 14.0. The molecule has 17 heavy (non-hydrogen) atoms. The minimum absolute atomic E-state index is 0.215. The average molecular weight is 258 g/mol. The van der Waals surface area contributed by atoms with Crippen molar-refractivity contribution in [1.29, 1.82) is 0 Å². The van der Waals surface area contributed by atoms with Crippen LogP contribution in [0, 0.1) is 6.92 Å². The SMILES string of the molecule is COC[C@H](C)ONC(=O)c1ccc(C)cc1Cl. The van der Waals surface area contributed by atoms with E-state index in [2.05, 4.69) is 5.48 Å². The lowest BCUT2D eigenvalue weighted by molar-refractivity contribution is -0.0391. The predicted octanol–water partition coefficient (Wildman–Crippen LogP) is 2.34. The van der Waals surface area contributed by atoms with Crippen LogP contribution in [0.5, 0.6) is 0 Å². The summed E-state index contributed by atoms with van der Waals surface area (Å²) in [5.41, 5.74) is 3.73. The zero-order chi connectivity index (χ0) is 12.8. The molecule has 0 aliphatic heterocycles. The van der Waals surface area contributed by atoms with Crippen LogP contribution in [0.3, 0.4) is 0 Å². The fraction of sp³-hybridized carbons (Fsp3) is 0.417. The van der Waals surface area contributed by atoms with Crippen molar-refractivity contribution in [1.82, 2.24) is 5.48 Å². The minimum Gasteiger partial charge on any atom is -0.382 e. The summed E-state index contributed by atoms with van der Waals surface area (Å²) in [5, 5.41) is 0.408. The van der Waals surface area contributed by atoms with Gasteiger partial charge in [-0.1, -0.05) is 17.7 Å². The highest BCUT2D eigenvalue weighted by Crippen LogP contribution is 2.17. The summed E-state index contributed by atoms with van der Waals surface area (Å²) in [4.78, 5) is 16.8. The van der Waals surface area contributed by atoms with Gasteiger partial charge in [-0.3, -0.25) is 9.63 Å². The number of ether oxygens (including phenoxy) is 1. The van der Waals surface area contributed by atoms with Crippen molar-refractivity contribution in [2.24, 2.45) is 0 Å². The standard InChI is InChI=1S/C12H16ClNO3/c1-8-4-5-10(11(13)6-8)12(15)14-17-9(2)7-16-3/h4-6,9H,7H2,1-3H3,(H,14,15)/t9-/m0/s1. The van der Waals surface area contributed by atoms with Gasteiger partial charge in [0, 0.05) is 7.11 Å². The number of hydroxylamine groups is 1. The second-order valence-corrected chi connectivity index (χ2v) is 4.21. The number of nitrogens with one attached hydrogen (secondary N) is 1. The van der Waals surface area contributed by atoms with E-state index in [-0.39, 0.29) is 12.0 Å². The third kappa shape index (κ3) is 4.34. The largest absolute Gasteiger partial charge is 0.382 e. The van der Waals surface area contributed by atoms with Gasteiger partial charge in [0.2, 0.25) is 0 Å². The Morgan fingerprint density at radius 1 is 1.53 bits per heavy atom. The Morgan fingerprint density at radius 2 is 2.24 bits per heavy atom. The highest BCUT2D eigenvalue weighted by molar-refractivity contribution is 6.33. The molecular formula is C12H16ClNO3. The molecule has 0 heterocycles. The van der Waals surface area contributed by atoms with Crippen LogP contribution in [0.4, 0.5) is 0 Å². The number of benzene rings is 1. The Hall–Kier alpha value is -1.10. The van der Waals surface area contributed by atoms with Crippen molar-refractivity contribution in [3.05, 3.63) is 34.3 Å². The minimum atomic E-state index is -0.363. The lowest BCUT2D eigenvalue weighted by Gasteiger charge is -2.12. The number of carbonyl (C=O) groups is 1. The van der Waals surface area contributed by atoms with Crippen LogP contribution in [-0.4, -0.2) is 25.7 Å². The van der Waals surface area contributed by atoms with Gasteiger partial charge in [0.15, 0.2) is 0 Å². The molecule has 1 aromatic rings. The number of carbonyl (C=O) groups excluding carboxylic acids is 1. The second-order valence-electron chi connectivity index (χ2n) is 3.80. The van der Waals surface area contributed by atoms with Crippen molar-refractivity contribution in [2.45, 2.75) is 20.0 Å². The molecule has 1 atom stereocenters. The van der Waals surface area contributed by atoms with E-state index < -0.39 is 0 Å². The van der Waals surface area contributed by atoms with Gasteiger partial charge in [-0.05, 0) is 31.5 Å². The van der Waals surface area contributed by atoms with Crippen molar-refractivity contribution in [3.63, 3.8) is 0 Å². The third-order valence-corrected chi connectivity index (χ3v) is 2.44. The van der Waals surface area contributed by atoms with Gasteiger partial charge in [-0.15, -0.1) is 0 Å². The van der Waals surface area contributed by atoms with Crippen molar-refractivity contribution >= 4 is 17.5 Å². The van der Waals surface area contributed by atoms with Crippen molar-refractivity contribution in [3.8, 4) is 0 Å². The van der Waals surface area contributed by atoms with Gasteiger partial charge in [-0.25, -0.2) is 5.48 Å². The predicted molar refractivity (Wildman–Crippen MR) is 66.1 cm³/mol. The molecule has 1 rings (SSSR count). The Bertz CT molecular complexity index is 395. The summed E-state index contributed by atoms with van der Waals surface area (Å²) in [7, 11) is 1.57. The Balaban J connectivity index is 2.58. The van der Waals surface area contributed by atoms with Crippen molar-refractivity contribution in [2.75, 3.05) is 13.7 Å². The quantitative estimate of drug-likeness (QED) is 0.824. The van der Waals surface area contributed by atoms with Gasteiger partial charge in [0.05, 0.1) is 17.2 Å². The maximum atomic E-state index is 11.7. The highest BCUT2D eigenvalue weighted by Gasteiger charge is 2.11. The summed E-state index contributed by atoms with van der Waals surface area (Å²) in [6.07, 6.45) is -0.215. The summed E-state index contributed by atoms with van der Waals surface area (Å²) in [5.74, 6) is -0.363. The van der Waals surface area contributed by atoms with Gasteiger partial charge < -0.3 is 4.74 Å². The first-order valence-corrected chi connectivity index (χ1v) is 5.63. The molecule has 0 aliphatic rings. The van der Waals surface area contributed by atoms with Gasteiger partial charge >= 0.3 is 0 Å². The smallest absolute Gasteiger partial charge is 0.276 e. The van der Waals surface area contributed by atoms with Crippen LogP contribution in [-0.2, 0) is 9.57 Å². The van der Waals surface area contributed by atoms with E-state index >= 15 is 0 Å². The summed E-state index contributed by atoms with van der Waals surface area (Å²) >= 11 is 5.96. The number of halogens is 1. The average Bonchev–Trinajstić information content (AvgIpc) is 2.26. The fourth-order valence-corrected chi connectivity index (χ4v) is 1.60. The normalized spacial score (nSPS) is 12.2. The number of methoxy groups -OCH3 is 1. The van der Waals surface area contributed by atoms with Crippen molar-refractivity contribution < 1.29 is 14.4 Å².